The molecule has 3 aliphatic rings. The highest BCUT2D eigenvalue weighted by atomic mass is 16.6. The molecule has 2 saturated heterocycles. The summed E-state index contributed by atoms with van der Waals surface area (Å²) in [6.45, 7) is 2.73. The minimum absolute atomic E-state index is 0.0340. The van der Waals surface area contributed by atoms with E-state index in [1.54, 1.807) is 30.7 Å². The SMILES string of the molecule is O=C1COc2ccc(N3CC(CCNCc4cc(-c5cncc(OC6COC6)n5)c(OCc5ccccc5)cn4)OC3=O)nc2N1. The number of hydrogen-bond donors (Lipinski definition) is 2. The maximum atomic E-state index is 12.6. The molecule has 2 fully saturated rings. The van der Waals surface area contributed by atoms with Gasteiger partial charge in [-0.25, -0.2) is 14.8 Å². The molecule has 1 aromatic carbocycles. The molecule has 4 aromatic rings. The van der Waals surface area contributed by atoms with Gasteiger partial charge in [-0.05, 0) is 36.7 Å². The normalized spacial score (nSPS) is 17.4. The highest BCUT2D eigenvalue weighted by Crippen LogP contribution is 2.32. The number of carbonyl (C=O) groups is 2. The third-order valence-corrected chi connectivity index (χ3v) is 7.50. The summed E-state index contributed by atoms with van der Waals surface area (Å²) in [5, 5.41) is 6.04. The van der Waals surface area contributed by atoms with E-state index >= 15 is 0 Å². The van der Waals surface area contributed by atoms with Crippen molar-refractivity contribution in [3.05, 3.63) is 78.4 Å². The van der Waals surface area contributed by atoms with E-state index in [9.17, 15) is 9.59 Å². The van der Waals surface area contributed by atoms with Gasteiger partial charge in [-0.15, -0.1) is 0 Å². The number of nitrogens with zero attached hydrogens (tertiary/aromatic N) is 5. The summed E-state index contributed by atoms with van der Waals surface area (Å²) in [4.78, 5) is 43.7. The molecule has 236 valence electrons. The van der Waals surface area contributed by atoms with Crippen LogP contribution in [0.5, 0.6) is 17.4 Å². The Hall–Kier alpha value is -5.34. The number of nitrogens with one attached hydrogen (secondary N) is 2. The zero-order valence-electron chi connectivity index (χ0n) is 24.8. The summed E-state index contributed by atoms with van der Waals surface area (Å²) in [5.41, 5.74) is 3.14. The van der Waals surface area contributed by atoms with Crippen LogP contribution in [0.2, 0.25) is 0 Å². The molecule has 7 rings (SSSR count). The van der Waals surface area contributed by atoms with Gasteiger partial charge in [-0.2, -0.15) is 0 Å². The molecule has 6 heterocycles. The second-order valence-corrected chi connectivity index (χ2v) is 10.9. The Bertz CT molecular complexity index is 1720. The molecule has 14 heteroatoms. The first-order valence-corrected chi connectivity index (χ1v) is 14.9. The predicted molar refractivity (Wildman–Crippen MR) is 164 cm³/mol. The quantitative estimate of drug-likeness (QED) is 0.222. The van der Waals surface area contributed by atoms with Gasteiger partial charge in [0.2, 0.25) is 5.88 Å². The first-order chi connectivity index (χ1) is 22.6. The average Bonchev–Trinajstić information content (AvgIpc) is 3.44. The Labute approximate surface area is 264 Å². The van der Waals surface area contributed by atoms with Gasteiger partial charge in [-0.1, -0.05) is 30.3 Å². The third-order valence-electron chi connectivity index (χ3n) is 7.50. The fourth-order valence-corrected chi connectivity index (χ4v) is 5.06. The minimum Gasteiger partial charge on any atom is -0.487 e. The number of rotatable bonds is 12. The molecule has 3 aliphatic heterocycles. The molecule has 1 atom stereocenters. The number of benzene rings is 1. The van der Waals surface area contributed by atoms with Crippen molar-refractivity contribution in [3.63, 3.8) is 0 Å². The molecule has 0 aliphatic carbocycles. The van der Waals surface area contributed by atoms with E-state index in [0.717, 1.165) is 16.8 Å². The second-order valence-electron chi connectivity index (χ2n) is 10.9. The average molecular weight is 626 g/mol. The number of cyclic esters (lactones) is 1. The zero-order valence-corrected chi connectivity index (χ0v) is 24.8. The Morgan fingerprint density at radius 1 is 1.04 bits per heavy atom. The van der Waals surface area contributed by atoms with Crippen molar-refractivity contribution in [1.82, 2.24) is 25.3 Å². The molecule has 3 aromatic heterocycles. The van der Waals surface area contributed by atoms with Crippen LogP contribution in [0.15, 0.2) is 67.1 Å². The van der Waals surface area contributed by atoms with Crippen LogP contribution in [0.3, 0.4) is 0 Å². The summed E-state index contributed by atoms with van der Waals surface area (Å²) in [7, 11) is 0. The summed E-state index contributed by atoms with van der Waals surface area (Å²) in [6, 6.07) is 15.2. The van der Waals surface area contributed by atoms with Gasteiger partial charge in [0.25, 0.3) is 5.91 Å². The molecule has 14 nitrogen and oxygen atoms in total. The van der Waals surface area contributed by atoms with E-state index in [1.165, 1.54) is 4.90 Å². The predicted octanol–water partition coefficient (Wildman–Crippen LogP) is 3.13. The molecule has 0 spiro atoms. The van der Waals surface area contributed by atoms with Crippen molar-refractivity contribution in [2.75, 3.05) is 43.1 Å². The number of anilines is 2. The standard InChI is InChI=1S/C32H31N7O7/c40-29-19-44-26-6-7-28(37-31(26)38-29)39-15-22(46-32(39)41)8-9-33-11-21-10-24(25-12-34-14-30(36-25)45-23-17-42-18-23)27(13-35-21)43-16-20-4-2-1-3-5-20/h1-7,10,12-14,22-23,33H,8-9,11,15-19H2,(H,37,38,40). The Balaban J connectivity index is 0.982. The molecule has 1 unspecified atom stereocenters. The molecule has 2 N–H and O–H groups in total. The van der Waals surface area contributed by atoms with Gasteiger partial charge in [0.05, 0.1) is 49.7 Å². The summed E-state index contributed by atoms with van der Waals surface area (Å²) >= 11 is 0. The van der Waals surface area contributed by atoms with Crippen LogP contribution in [0.4, 0.5) is 16.4 Å². The number of aromatic nitrogens is 4. The van der Waals surface area contributed by atoms with Crippen LogP contribution < -0.4 is 29.7 Å². The molecule has 0 bridgehead atoms. The van der Waals surface area contributed by atoms with Crippen molar-refractivity contribution in [1.29, 1.82) is 0 Å². The van der Waals surface area contributed by atoms with Crippen LogP contribution in [0.1, 0.15) is 17.7 Å². The number of pyridine rings is 2. The lowest BCUT2D eigenvalue weighted by atomic mass is 10.1. The molecule has 46 heavy (non-hydrogen) atoms. The van der Waals surface area contributed by atoms with Crippen LogP contribution in [0, 0.1) is 0 Å². The first-order valence-electron chi connectivity index (χ1n) is 14.9. The van der Waals surface area contributed by atoms with E-state index in [0.29, 0.717) is 74.8 Å². The summed E-state index contributed by atoms with van der Waals surface area (Å²) < 4.78 is 28.2. The highest BCUT2D eigenvalue weighted by molar-refractivity contribution is 5.95. The van der Waals surface area contributed by atoms with E-state index in [1.807, 2.05) is 36.4 Å². The van der Waals surface area contributed by atoms with Gasteiger partial charge in [0, 0.05) is 12.1 Å². The van der Waals surface area contributed by atoms with Crippen LogP contribution >= 0.6 is 0 Å². The van der Waals surface area contributed by atoms with Gasteiger partial charge in [-0.3, -0.25) is 19.7 Å². The second kappa shape index (κ2) is 13.3. The Morgan fingerprint density at radius 3 is 2.78 bits per heavy atom. The number of carbonyl (C=O) groups excluding carboxylic acids is 2. The fraction of sp³-hybridized carbons (Fsp3) is 0.312. The zero-order chi connectivity index (χ0) is 31.3. The van der Waals surface area contributed by atoms with Gasteiger partial charge < -0.3 is 34.3 Å². The Kier molecular flexibility index (Phi) is 8.52. The molecule has 0 radical (unpaired) electrons. The molecular formula is C32H31N7O7. The highest BCUT2D eigenvalue weighted by Gasteiger charge is 2.33. The number of ether oxygens (including phenoxy) is 5. The smallest absolute Gasteiger partial charge is 0.415 e. The van der Waals surface area contributed by atoms with E-state index in [-0.39, 0.29) is 30.5 Å². The third kappa shape index (κ3) is 6.82. The van der Waals surface area contributed by atoms with Gasteiger partial charge in [0.15, 0.2) is 18.2 Å². The van der Waals surface area contributed by atoms with Crippen molar-refractivity contribution >= 4 is 23.6 Å². The summed E-state index contributed by atoms with van der Waals surface area (Å²) in [5.74, 6) is 1.83. The summed E-state index contributed by atoms with van der Waals surface area (Å²) in [6.07, 6.45) is 4.67. The molecular weight excluding hydrogens is 594 g/mol. The number of hydrogen-bond acceptors (Lipinski definition) is 12. The van der Waals surface area contributed by atoms with Crippen molar-refractivity contribution in [2.24, 2.45) is 0 Å². The monoisotopic (exact) mass is 625 g/mol. The van der Waals surface area contributed by atoms with Crippen LogP contribution in [-0.4, -0.2) is 77.1 Å². The van der Waals surface area contributed by atoms with Crippen molar-refractivity contribution in [3.8, 4) is 28.6 Å². The lowest BCUT2D eigenvalue weighted by Crippen LogP contribution is -2.38. The van der Waals surface area contributed by atoms with Gasteiger partial charge in [0.1, 0.15) is 30.4 Å². The van der Waals surface area contributed by atoms with E-state index in [4.69, 9.17) is 23.7 Å². The fourth-order valence-electron chi connectivity index (χ4n) is 5.06. The lowest BCUT2D eigenvalue weighted by Gasteiger charge is -2.26. The van der Waals surface area contributed by atoms with Crippen molar-refractivity contribution < 1.29 is 33.3 Å². The lowest BCUT2D eigenvalue weighted by molar-refractivity contribution is -0.118. The van der Waals surface area contributed by atoms with Crippen molar-refractivity contribution in [2.45, 2.75) is 31.8 Å². The van der Waals surface area contributed by atoms with E-state index < -0.39 is 6.09 Å². The van der Waals surface area contributed by atoms with E-state index in [2.05, 4.69) is 30.6 Å². The van der Waals surface area contributed by atoms with Crippen LogP contribution in [-0.2, 0) is 27.4 Å². The minimum atomic E-state index is -0.491. The molecule has 2 amide bonds. The number of amides is 2. The largest absolute Gasteiger partial charge is 0.487 e. The number of fused-ring (bicyclic) bond motifs is 1. The topological polar surface area (TPSA) is 159 Å². The maximum absolute atomic E-state index is 12.6. The van der Waals surface area contributed by atoms with Gasteiger partial charge >= 0.3 is 6.09 Å². The molecule has 0 saturated carbocycles. The first kappa shape index (κ1) is 29.4. The van der Waals surface area contributed by atoms with Crippen LogP contribution in [0.25, 0.3) is 11.3 Å². The maximum Gasteiger partial charge on any atom is 0.415 e. The Morgan fingerprint density at radius 2 is 1.93 bits per heavy atom.